The fraction of sp³-hybridized carbons (Fsp3) is 0.273. The number of benzene rings is 1. The maximum Gasteiger partial charge on any atom is 0.337 e. The molecule has 0 spiro atoms. The Balaban J connectivity index is 2.60. The molecule has 1 rings (SSSR count). The molecule has 0 aliphatic carbocycles. The first-order valence-electron chi connectivity index (χ1n) is 4.60. The molecule has 0 unspecified atom stereocenters. The second-order valence-electron chi connectivity index (χ2n) is 3.08. The number of esters is 1. The van der Waals surface area contributed by atoms with Gasteiger partial charge in [-0.2, -0.15) is 0 Å². The summed E-state index contributed by atoms with van der Waals surface area (Å²) in [5.41, 5.74) is 1.14. The highest BCUT2D eigenvalue weighted by molar-refractivity contribution is 5.89. The van der Waals surface area contributed by atoms with E-state index in [0.717, 1.165) is 5.56 Å². The van der Waals surface area contributed by atoms with Gasteiger partial charge < -0.3 is 14.6 Å². The summed E-state index contributed by atoms with van der Waals surface area (Å²) in [5.74, 6) is -1.45. The van der Waals surface area contributed by atoms with Crippen LogP contribution in [0.2, 0.25) is 0 Å². The third-order valence-corrected chi connectivity index (χ3v) is 1.84. The minimum atomic E-state index is -1.02. The molecular formula is C11H12O5. The van der Waals surface area contributed by atoms with Gasteiger partial charge in [0.05, 0.1) is 19.3 Å². The van der Waals surface area contributed by atoms with Gasteiger partial charge in [-0.3, -0.25) is 0 Å². The van der Waals surface area contributed by atoms with Crippen molar-refractivity contribution in [1.29, 1.82) is 0 Å². The number of hydrogen-bond acceptors (Lipinski definition) is 4. The first kappa shape index (κ1) is 12.2. The van der Waals surface area contributed by atoms with E-state index in [1.807, 2.05) is 0 Å². The standard InChI is InChI=1S/C11H12O5/c1-15-11(14)9-4-2-3-8(5-9)6-16-7-10(12)13/h2-5H,6-7H2,1H3,(H,12,13). The quantitative estimate of drug-likeness (QED) is 0.757. The van der Waals surface area contributed by atoms with Crippen LogP contribution in [0.5, 0.6) is 0 Å². The summed E-state index contributed by atoms with van der Waals surface area (Å²) in [6.07, 6.45) is 0. The SMILES string of the molecule is COC(=O)c1cccc(COCC(=O)O)c1. The van der Waals surface area contributed by atoms with Crippen molar-refractivity contribution in [3.05, 3.63) is 35.4 Å². The van der Waals surface area contributed by atoms with E-state index in [-0.39, 0.29) is 13.2 Å². The third-order valence-electron chi connectivity index (χ3n) is 1.84. The number of rotatable bonds is 5. The van der Waals surface area contributed by atoms with Crippen molar-refractivity contribution in [1.82, 2.24) is 0 Å². The predicted molar refractivity (Wildman–Crippen MR) is 55.1 cm³/mol. The van der Waals surface area contributed by atoms with Gasteiger partial charge in [0.1, 0.15) is 6.61 Å². The van der Waals surface area contributed by atoms with Crippen LogP contribution in [-0.2, 0) is 20.9 Å². The molecule has 5 heteroatoms. The lowest BCUT2D eigenvalue weighted by atomic mass is 10.1. The average molecular weight is 224 g/mol. The fourth-order valence-corrected chi connectivity index (χ4v) is 1.16. The third kappa shape index (κ3) is 3.70. The molecule has 86 valence electrons. The summed E-state index contributed by atoms with van der Waals surface area (Å²) < 4.78 is 9.46. The van der Waals surface area contributed by atoms with Crippen molar-refractivity contribution in [2.24, 2.45) is 0 Å². The van der Waals surface area contributed by atoms with E-state index in [4.69, 9.17) is 9.84 Å². The first-order chi connectivity index (χ1) is 7.63. The molecule has 1 N–H and O–H groups in total. The summed E-state index contributed by atoms with van der Waals surface area (Å²) in [4.78, 5) is 21.4. The molecule has 0 saturated carbocycles. The molecule has 0 aliphatic rings. The molecule has 0 bridgehead atoms. The van der Waals surface area contributed by atoms with Crippen LogP contribution >= 0.6 is 0 Å². The summed E-state index contributed by atoms with van der Waals surface area (Å²) in [7, 11) is 1.30. The zero-order valence-corrected chi connectivity index (χ0v) is 8.80. The Bertz CT molecular complexity index is 386. The molecule has 1 aromatic carbocycles. The van der Waals surface area contributed by atoms with Crippen molar-refractivity contribution >= 4 is 11.9 Å². The predicted octanol–water partition coefficient (Wildman–Crippen LogP) is 1.07. The number of methoxy groups -OCH3 is 1. The number of carboxylic acids is 1. The van der Waals surface area contributed by atoms with Crippen molar-refractivity contribution in [3.63, 3.8) is 0 Å². The van der Waals surface area contributed by atoms with Gasteiger partial charge in [0.15, 0.2) is 0 Å². The number of carboxylic acid groups (broad SMARTS) is 1. The lowest BCUT2D eigenvalue weighted by Gasteiger charge is -2.04. The van der Waals surface area contributed by atoms with Crippen molar-refractivity contribution in [2.75, 3.05) is 13.7 Å². The van der Waals surface area contributed by atoms with Gasteiger partial charge in [-0.15, -0.1) is 0 Å². The van der Waals surface area contributed by atoms with E-state index in [1.54, 1.807) is 24.3 Å². The molecule has 5 nitrogen and oxygen atoms in total. The Kier molecular flexibility index (Phi) is 4.47. The van der Waals surface area contributed by atoms with Crippen LogP contribution in [-0.4, -0.2) is 30.8 Å². The van der Waals surface area contributed by atoms with Crippen molar-refractivity contribution in [2.45, 2.75) is 6.61 Å². The lowest BCUT2D eigenvalue weighted by molar-refractivity contribution is -0.142. The largest absolute Gasteiger partial charge is 0.480 e. The van der Waals surface area contributed by atoms with E-state index >= 15 is 0 Å². The van der Waals surface area contributed by atoms with Gasteiger partial charge in [0.2, 0.25) is 0 Å². The highest BCUT2D eigenvalue weighted by Crippen LogP contribution is 2.07. The van der Waals surface area contributed by atoms with E-state index in [9.17, 15) is 9.59 Å². The second kappa shape index (κ2) is 5.87. The van der Waals surface area contributed by atoms with E-state index in [1.165, 1.54) is 7.11 Å². The Labute approximate surface area is 92.6 Å². The number of aliphatic carboxylic acids is 1. The smallest absolute Gasteiger partial charge is 0.337 e. The number of carbonyl (C=O) groups is 2. The van der Waals surface area contributed by atoms with E-state index < -0.39 is 11.9 Å². The van der Waals surface area contributed by atoms with Gasteiger partial charge in [-0.05, 0) is 17.7 Å². The van der Waals surface area contributed by atoms with Crippen molar-refractivity contribution in [3.8, 4) is 0 Å². The molecular weight excluding hydrogens is 212 g/mol. The fourth-order valence-electron chi connectivity index (χ4n) is 1.16. The van der Waals surface area contributed by atoms with Crippen LogP contribution in [0.3, 0.4) is 0 Å². The minimum absolute atomic E-state index is 0.150. The molecule has 16 heavy (non-hydrogen) atoms. The summed E-state index contributed by atoms with van der Waals surface area (Å²) in [6, 6.07) is 6.65. The lowest BCUT2D eigenvalue weighted by Crippen LogP contribution is -2.07. The van der Waals surface area contributed by atoms with Crippen LogP contribution in [0, 0.1) is 0 Å². The van der Waals surface area contributed by atoms with Crippen LogP contribution in [0.15, 0.2) is 24.3 Å². The Morgan fingerprint density at radius 2 is 2.12 bits per heavy atom. The molecule has 1 aromatic rings. The second-order valence-corrected chi connectivity index (χ2v) is 3.08. The van der Waals surface area contributed by atoms with Crippen LogP contribution in [0.25, 0.3) is 0 Å². The molecule has 0 amide bonds. The normalized spacial score (nSPS) is 9.81. The van der Waals surface area contributed by atoms with Crippen LogP contribution < -0.4 is 0 Å². The molecule has 0 aromatic heterocycles. The summed E-state index contributed by atoms with van der Waals surface area (Å²) >= 11 is 0. The molecule has 0 atom stereocenters. The molecule has 0 saturated heterocycles. The van der Waals surface area contributed by atoms with Crippen LogP contribution in [0.1, 0.15) is 15.9 Å². The van der Waals surface area contributed by atoms with E-state index in [2.05, 4.69) is 4.74 Å². The molecule has 0 radical (unpaired) electrons. The summed E-state index contributed by atoms with van der Waals surface area (Å²) in [6.45, 7) is -0.209. The van der Waals surface area contributed by atoms with Gasteiger partial charge >= 0.3 is 11.9 Å². The monoisotopic (exact) mass is 224 g/mol. The van der Waals surface area contributed by atoms with Gasteiger partial charge in [0, 0.05) is 0 Å². The van der Waals surface area contributed by atoms with Gasteiger partial charge in [0.25, 0.3) is 0 Å². The van der Waals surface area contributed by atoms with Crippen LogP contribution in [0.4, 0.5) is 0 Å². The van der Waals surface area contributed by atoms with Crippen molar-refractivity contribution < 1.29 is 24.2 Å². The maximum atomic E-state index is 11.2. The minimum Gasteiger partial charge on any atom is -0.480 e. The molecule has 0 fully saturated rings. The average Bonchev–Trinajstić information content (AvgIpc) is 2.28. The highest BCUT2D eigenvalue weighted by Gasteiger charge is 2.05. The zero-order valence-electron chi connectivity index (χ0n) is 8.80. The topological polar surface area (TPSA) is 72.8 Å². The Hall–Kier alpha value is -1.88. The van der Waals surface area contributed by atoms with Gasteiger partial charge in [-0.1, -0.05) is 12.1 Å². The van der Waals surface area contributed by atoms with E-state index in [0.29, 0.717) is 5.56 Å². The zero-order chi connectivity index (χ0) is 12.0. The summed E-state index contributed by atoms with van der Waals surface area (Å²) in [5, 5.41) is 8.37. The van der Waals surface area contributed by atoms with Gasteiger partial charge in [-0.25, -0.2) is 9.59 Å². The first-order valence-corrected chi connectivity index (χ1v) is 4.60. The number of carbonyl (C=O) groups excluding carboxylic acids is 1. The Morgan fingerprint density at radius 3 is 2.75 bits per heavy atom. The number of ether oxygens (including phenoxy) is 2. The molecule has 0 aliphatic heterocycles. The number of hydrogen-bond donors (Lipinski definition) is 1. The Morgan fingerprint density at radius 1 is 1.38 bits per heavy atom. The molecule has 0 heterocycles. The maximum absolute atomic E-state index is 11.2. The highest BCUT2D eigenvalue weighted by atomic mass is 16.5.